The van der Waals surface area contributed by atoms with Crippen molar-refractivity contribution >= 4 is 52.1 Å². The third-order valence-corrected chi connectivity index (χ3v) is 9.65. The van der Waals surface area contributed by atoms with Crippen LogP contribution in [0.4, 0.5) is 21.9 Å². The van der Waals surface area contributed by atoms with Gasteiger partial charge in [-0.15, -0.1) is 0 Å². The van der Waals surface area contributed by atoms with Gasteiger partial charge >= 0.3 is 6.03 Å². The molecular formula is C32H36N8O8. The fourth-order valence-corrected chi connectivity index (χ4v) is 7.71. The van der Waals surface area contributed by atoms with Gasteiger partial charge in [-0.1, -0.05) is 0 Å². The first-order chi connectivity index (χ1) is 22.4. The number of anilines is 3. The molecule has 0 aliphatic heterocycles. The standard InChI is InChI=1S/C32H36N8O8/c1-39(2)18-10-17(38-29(47)37-14-6-8-15(48-5)9-7-14)22(41)19-16(18)11-30(35)12-32(36)25(40(3)4)24(43)20(28(34)46)26(44)31(32,13-33)27(45)21(30)23(19)42/h6-10,20-21,25,41H,11-12,35-36H2,1-5H3,(H2,34,46)(H2,37,38,47)/t20?,21?,25-,30-,31+,32-/m1/s1. The summed E-state index contributed by atoms with van der Waals surface area (Å²) in [4.78, 5) is 84.8. The first kappa shape index (κ1) is 34.0. The minimum Gasteiger partial charge on any atom is -0.505 e. The average molecular weight is 661 g/mol. The zero-order valence-electron chi connectivity index (χ0n) is 26.9. The van der Waals surface area contributed by atoms with E-state index in [9.17, 15) is 39.1 Å². The number of methoxy groups -OCH3 is 1. The molecular weight excluding hydrogens is 624 g/mol. The number of hydrogen-bond donors (Lipinski definition) is 6. The van der Waals surface area contributed by atoms with Crippen molar-refractivity contribution in [1.29, 1.82) is 5.26 Å². The number of nitrogens with two attached hydrogens (primary N) is 3. The predicted octanol–water partition coefficient (Wildman–Crippen LogP) is -0.473. The van der Waals surface area contributed by atoms with E-state index in [2.05, 4.69) is 10.6 Å². The van der Waals surface area contributed by atoms with Crippen LogP contribution in [0.3, 0.4) is 0 Å². The largest absolute Gasteiger partial charge is 0.505 e. The lowest BCUT2D eigenvalue weighted by atomic mass is 9.42. The van der Waals surface area contributed by atoms with Crippen molar-refractivity contribution < 1.29 is 38.6 Å². The molecule has 5 rings (SSSR count). The van der Waals surface area contributed by atoms with Crippen LogP contribution in [-0.2, 0) is 25.6 Å². The normalized spacial score (nSPS) is 29.3. The van der Waals surface area contributed by atoms with E-state index >= 15 is 0 Å². The number of amides is 3. The molecule has 0 heterocycles. The van der Waals surface area contributed by atoms with Crippen molar-refractivity contribution in [2.45, 2.75) is 30.0 Å². The van der Waals surface area contributed by atoms with E-state index in [1.165, 1.54) is 32.2 Å². The van der Waals surface area contributed by atoms with Gasteiger partial charge in [0.1, 0.15) is 17.4 Å². The number of benzene rings is 2. The van der Waals surface area contributed by atoms with Crippen LogP contribution in [-0.4, -0.2) is 97.5 Å². The number of nitrogens with zero attached hydrogens (tertiary/aromatic N) is 3. The minimum absolute atomic E-state index is 0.187. The van der Waals surface area contributed by atoms with E-state index in [0.717, 1.165) is 0 Å². The molecule has 3 aliphatic carbocycles. The van der Waals surface area contributed by atoms with Crippen molar-refractivity contribution in [3.8, 4) is 17.6 Å². The predicted molar refractivity (Wildman–Crippen MR) is 171 cm³/mol. The summed E-state index contributed by atoms with van der Waals surface area (Å²) in [5.74, 6) is -10.3. The fraction of sp³-hybridized carbons (Fsp3) is 0.406. The van der Waals surface area contributed by atoms with Gasteiger partial charge in [-0.3, -0.25) is 28.9 Å². The summed E-state index contributed by atoms with van der Waals surface area (Å²) in [5, 5.41) is 27.1. The number of urea groups is 1. The number of nitrogens with one attached hydrogen (secondary N) is 2. The molecule has 0 saturated heterocycles. The maximum atomic E-state index is 14.6. The molecule has 16 heteroatoms. The van der Waals surface area contributed by atoms with Crippen LogP contribution in [0.1, 0.15) is 22.3 Å². The van der Waals surface area contributed by atoms with Crippen LogP contribution < -0.4 is 37.5 Å². The lowest BCUT2D eigenvalue weighted by Crippen LogP contribution is -2.85. The molecule has 2 aromatic carbocycles. The topological polar surface area (TPSA) is 264 Å². The lowest BCUT2D eigenvalue weighted by molar-refractivity contribution is -0.166. The van der Waals surface area contributed by atoms with Gasteiger partial charge in [0.15, 0.2) is 34.5 Å². The molecule has 48 heavy (non-hydrogen) atoms. The number of likely N-dealkylation sites (N-methyl/N-ethyl adjacent to an activating group) is 1. The third-order valence-electron chi connectivity index (χ3n) is 9.65. The van der Waals surface area contributed by atoms with Crippen LogP contribution in [0.2, 0.25) is 0 Å². The van der Waals surface area contributed by atoms with Crippen molar-refractivity contribution in [3.05, 3.63) is 41.5 Å². The number of ether oxygens (including phenoxy) is 1. The Labute approximate surface area is 275 Å². The quantitative estimate of drug-likeness (QED) is 0.169. The molecule has 0 spiro atoms. The zero-order chi connectivity index (χ0) is 35.7. The lowest BCUT2D eigenvalue weighted by Gasteiger charge is -2.60. The van der Waals surface area contributed by atoms with Crippen LogP contribution >= 0.6 is 0 Å². The molecule has 9 N–H and O–H groups in total. The molecule has 2 unspecified atom stereocenters. The summed E-state index contributed by atoms with van der Waals surface area (Å²) >= 11 is 0. The van der Waals surface area contributed by atoms with E-state index in [4.69, 9.17) is 21.9 Å². The highest BCUT2D eigenvalue weighted by Crippen LogP contribution is 2.57. The monoisotopic (exact) mass is 660 g/mol. The highest BCUT2D eigenvalue weighted by Gasteiger charge is 2.78. The van der Waals surface area contributed by atoms with Crippen LogP contribution in [0.25, 0.3) is 0 Å². The number of carbonyl (C=O) groups excluding carboxylic acids is 6. The Hall–Kier alpha value is -5.37. The van der Waals surface area contributed by atoms with Crippen molar-refractivity contribution in [2.75, 3.05) is 50.8 Å². The maximum absolute atomic E-state index is 14.6. The Balaban J connectivity index is 1.64. The number of phenols is 1. The summed E-state index contributed by atoms with van der Waals surface area (Å²) < 4.78 is 5.11. The molecule has 3 aliphatic rings. The number of carbonyl (C=O) groups is 6. The number of rotatable bonds is 6. The van der Waals surface area contributed by atoms with Gasteiger partial charge in [0.2, 0.25) is 5.91 Å². The van der Waals surface area contributed by atoms with E-state index in [0.29, 0.717) is 17.1 Å². The summed E-state index contributed by atoms with van der Waals surface area (Å²) in [6, 6.07) is 7.23. The van der Waals surface area contributed by atoms with Crippen LogP contribution in [0.5, 0.6) is 11.5 Å². The number of primary amides is 1. The number of nitriles is 1. The molecule has 0 bridgehead atoms. The van der Waals surface area contributed by atoms with Gasteiger partial charge in [0.25, 0.3) is 0 Å². The van der Waals surface area contributed by atoms with Gasteiger partial charge in [-0.25, -0.2) is 4.79 Å². The molecule has 252 valence electrons. The maximum Gasteiger partial charge on any atom is 0.323 e. The Morgan fingerprint density at radius 2 is 1.67 bits per heavy atom. The first-order valence-electron chi connectivity index (χ1n) is 14.8. The molecule has 2 saturated carbocycles. The second-order valence-electron chi connectivity index (χ2n) is 13.0. The zero-order valence-corrected chi connectivity index (χ0v) is 26.9. The van der Waals surface area contributed by atoms with E-state index in [1.807, 2.05) is 0 Å². The summed E-state index contributed by atoms with van der Waals surface area (Å²) in [7, 11) is 7.64. The second kappa shape index (κ2) is 11.4. The van der Waals surface area contributed by atoms with Crippen molar-refractivity contribution in [2.24, 2.45) is 34.5 Å². The molecule has 0 radical (unpaired) electrons. The molecule has 3 amide bonds. The van der Waals surface area contributed by atoms with Crippen molar-refractivity contribution in [3.63, 3.8) is 0 Å². The summed E-state index contributed by atoms with van der Waals surface area (Å²) in [5.41, 5.74) is 12.6. The second-order valence-corrected chi connectivity index (χ2v) is 13.0. The van der Waals surface area contributed by atoms with E-state index in [1.54, 1.807) is 49.3 Å². The Morgan fingerprint density at radius 1 is 1.04 bits per heavy atom. The molecule has 0 aromatic heterocycles. The van der Waals surface area contributed by atoms with Gasteiger partial charge in [-0.05, 0) is 62.8 Å². The fourth-order valence-electron chi connectivity index (χ4n) is 7.71. The number of ketones is 4. The van der Waals surface area contributed by atoms with Gasteiger partial charge in [0, 0.05) is 31.0 Å². The van der Waals surface area contributed by atoms with Gasteiger partial charge < -0.3 is 42.6 Å². The van der Waals surface area contributed by atoms with E-state index < -0.39 is 81.6 Å². The van der Waals surface area contributed by atoms with Gasteiger partial charge in [0.05, 0.1) is 36.0 Å². The molecule has 2 aromatic rings. The van der Waals surface area contributed by atoms with Crippen LogP contribution in [0.15, 0.2) is 30.3 Å². The highest BCUT2D eigenvalue weighted by atomic mass is 16.5. The van der Waals surface area contributed by atoms with E-state index in [-0.39, 0.29) is 23.2 Å². The average Bonchev–Trinajstić information content (AvgIpc) is 2.97. The highest BCUT2D eigenvalue weighted by molar-refractivity contribution is 6.33. The third kappa shape index (κ3) is 4.61. The van der Waals surface area contributed by atoms with Gasteiger partial charge in [-0.2, -0.15) is 5.26 Å². The summed E-state index contributed by atoms with van der Waals surface area (Å²) in [6.45, 7) is 0. The number of aromatic hydroxyl groups is 1. The number of fused-ring (bicyclic) bond motifs is 3. The molecule has 16 nitrogen and oxygen atoms in total. The van der Waals surface area contributed by atoms with Crippen molar-refractivity contribution in [1.82, 2.24) is 4.90 Å². The first-order valence-corrected chi connectivity index (χ1v) is 14.8. The molecule has 2 fully saturated rings. The number of Topliss-reactive ketones (excluding diaryl/α,β-unsaturated/α-hetero) is 4. The number of hydrogen-bond acceptors (Lipinski definition) is 13. The molecule has 6 atom stereocenters. The smallest absolute Gasteiger partial charge is 0.323 e. The summed E-state index contributed by atoms with van der Waals surface area (Å²) in [6.07, 6.45) is -0.801. The Kier molecular flexibility index (Phi) is 8.07. The Morgan fingerprint density at radius 3 is 2.19 bits per heavy atom. The number of phenolic OH excluding ortho intramolecular Hbond substituents is 1. The Bertz CT molecular complexity index is 1840. The minimum atomic E-state index is -2.87. The van der Waals surface area contributed by atoms with Crippen LogP contribution in [0, 0.1) is 28.6 Å². The SMILES string of the molecule is COc1ccc(NC(=O)Nc2cc(N(C)C)c3c(c2O)C(=O)C2C(=O)[C@]4(C#N)C(=O)C(C(N)=O)C(=O)[C@@H](N(C)C)[C@]4(N)C[C@]2(N)C3)cc1.